The van der Waals surface area contributed by atoms with Crippen molar-refractivity contribution in [2.24, 2.45) is 5.84 Å². The highest BCUT2D eigenvalue weighted by molar-refractivity contribution is 5.94. The van der Waals surface area contributed by atoms with E-state index in [-0.39, 0.29) is 0 Å². The number of hydrogen-bond donors (Lipinski definition) is 2. The maximum Gasteiger partial charge on any atom is 0.145 e. The number of ether oxygens (including phenoxy) is 2. The first-order valence-corrected chi connectivity index (χ1v) is 5.22. The molecule has 0 radical (unpaired) electrons. The van der Waals surface area contributed by atoms with E-state index >= 15 is 0 Å². The molecule has 2 rings (SSSR count). The van der Waals surface area contributed by atoms with E-state index in [2.05, 4.69) is 10.4 Å². The zero-order valence-corrected chi connectivity index (χ0v) is 9.86. The first-order valence-electron chi connectivity index (χ1n) is 5.22. The Kier molecular flexibility index (Phi) is 3.41. The highest BCUT2D eigenvalue weighted by Gasteiger charge is 2.08. The summed E-state index contributed by atoms with van der Waals surface area (Å²) in [5.41, 5.74) is 5.05. The van der Waals surface area contributed by atoms with Gasteiger partial charge in [-0.15, -0.1) is 0 Å². The Morgan fingerprint density at radius 1 is 1.35 bits per heavy atom. The van der Waals surface area contributed by atoms with Gasteiger partial charge in [0, 0.05) is 12.5 Å². The van der Waals surface area contributed by atoms with Crippen LogP contribution in [0.3, 0.4) is 0 Å². The van der Waals surface area contributed by atoms with E-state index in [9.17, 15) is 0 Å². The molecular weight excluding hydrogens is 218 g/mol. The second-order valence-electron chi connectivity index (χ2n) is 3.59. The lowest BCUT2D eigenvalue weighted by Gasteiger charge is -2.11. The molecule has 17 heavy (non-hydrogen) atoms. The van der Waals surface area contributed by atoms with E-state index in [1.165, 1.54) is 0 Å². The average Bonchev–Trinajstić information content (AvgIpc) is 2.37. The Hall–Kier alpha value is -1.85. The highest BCUT2D eigenvalue weighted by Crippen LogP contribution is 2.29. The lowest BCUT2D eigenvalue weighted by atomic mass is 10.1. The minimum Gasteiger partial charge on any atom is -0.494 e. The first-order chi connectivity index (χ1) is 8.30. The number of rotatable bonds is 4. The third-order valence-electron chi connectivity index (χ3n) is 2.52. The number of nitrogens with one attached hydrogen (secondary N) is 1. The standard InChI is InChI=1S/C12H15N3O2/c1-16-7-8-6-10(15-13)9-4-3-5-11(17-2)12(9)14-8/h3-6H,7,13H2,1-2H3,(H,14,15). The van der Waals surface area contributed by atoms with Gasteiger partial charge in [0.2, 0.25) is 0 Å². The molecule has 0 atom stereocenters. The van der Waals surface area contributed by atoms with E-state index < -0.39 is 0 Å². The summed E-state index contributed by atoms with van der Waals surface area (Å²) in [6, 6.07) is 7.58. The van der Waals surface area contributed by atoms with Crippen LogP contribution in [0.2, 0.25) is 0 Å². The van der Waals surface area contributed by atoms with Crippen molar-refractivity contribution in [2.75, 3.05) is 19.6 Å². The van der Waals surface area contributed by atoms with E-state index in [1.807, 2.05) is 24.3 Å². The molecule has 0 aliphatic heterocycles. The quantitative estimate of drug-likeness (QED) is 0.621. The molecule has 1 aromatic carbocycles. The number of pyridine rings is 1. The molecule has 0 unspecified atom stereocenters. The van der Waals surface area contributed by atoms with Gasteiger partial charge in [-0.05, 0) is 12.1 Å². The van der Waals surface area contributed by atoms with Crippen LogP contribution >= 0.6 is 0 Å². The molecule has 1 aromatic heterocycles. The zero-order valence-electron chi connectivity index (χ0n) is 9.86. The van der Waals surface area contributed by atoms with Crippen LogP contribution in [0.5, 0.6) is 5.75 Å². The Morgan fingerprint density at radius 2 is 2.18 bits per heavy atom. The van der Waals surface area contributed by atoms with Crippen LogP contribution in [0.15, 0.2) is 24.3 Å². The van der Waals surface area contributed by atoms with Crippen molar-refractivity contribution < 1.29 is 9.47 Å². The van der Waals surface area contributed by atoms with Crippen LogP contribution in [0, 0.1) is 0 Å². The number of fused-ring (bicyclic) bond motifs is 1. The van der Waals surface area contributed by atoms with Gasteiger partial charge in [-0.25, -0.2) is 4.98 Å². The van der Waals surface area contributed by atoms with Gasteiger partial charge in [0.1, 0.15) is 11.3 Å². The van der Waals surface area contributed by atoms with Crippen LogP contribution in [0.4, 0.5) is 5.69 Å². The third kappa shape index (κ3) is 2.15. The Labute approximate surface area is 99.5 Å². The smallest absolute Gasteiger partial charge is 0.145 e. The van der Waals surface area contributed by atoms with Gasteiger partial charge >= 0.3 is 0 Å². The number of aromatic nitrogens is 1. The molecule has 0 saturated carbocycles. The predicted octanol–water partition coefficient (Wildman–Crippen LogP) is 1.68. The summed E-state index contributed by atoms with van der Waals surface area (Å²) in [6.45, 7) is 0.433. The Bertz CT molecular complexity index is 528. The predicted molar refractivity (Wildman–Crippen MR) is 66.8 cm³/mol. The number of nitrogen functional groups attached to an aromatic ring is 1. The van der Waals surface area contributed by atoms with Gasteiger partial charge in [-0.2, -0.15) is 0 Å². The highest BCUT2D eigenvalue weighted by atomic mass is 16.5. The summed E-state index contributed by atoms with van der Waals surface area (Å²) in [5, 5.41) is 0.923. The summed E-state index contributed by atoms with van der Waals surface area (Å²) in [7, 11) is 3.25. The fraction of sp³-hybridized carbons (Fsp3) is 0.250. The molecule has 2 aromatic rings. The number of nitrogens with zero attached hydrogens (tertiary/aromatic N) is 1. The molecule has 0 bridgehead atoms. The Balaban J connectivity index is 2.68. The van der Waals surface area contributed by atoms with Gasteiger partial charge in [0.15, 0.2) is 0 Å². The second-order valence-corrected chi connectivity index (χ2v) is 3.59. The fourth-order valence-electron chi connectivity index (χ4n) is 1.78. The van der Waals surface area contributed by atoms with Crippen LogP contribution in [-0.4, -0.2) is 19.2 Å². The molecule has 5 nitrogen and oxygen atoms in total. The maximum atomic E-state index is 5.51. The van der Waals surface area contributed by atoms with Crippen molar-refractivity contribution in [3.63, 3.8) is 0 Å². The molecule has 0 fully saturated rings. The van der Waals surface area contributed by atoms with Crippen molar-refractivity contribution in [1.82, 2.24) is 4.98 Å². The van der Waals surface area contributed by atoms with Gasteiger partial charge in [0.25, 0.3) is 0 Å². The summed E-state index contributed by atoms with van der Waals surface area (Å²) in [4.78, 5) is 4.50. The number of hydrazine groups is 1. The first kappa shape index (κ1) is 11.6. The number of hydrogen-bond acceptors (Lipinski definition) is 5. The van der Waals surface area contributed by atoms with E-state index in [0.29, 0.717) is 6.61 Å². The minimum absolute atomic E-state index is 0.433. The molecule has 0 spiro atoms. The van der Waals surface area contributed by atoms with Gasteiger partial charge < -0.3 is 14.9 Å². The molecule has 0 aliphatic carbocycles. The molecule has 90 valence electrons. The lowest BCUT2D eigenvalue weighted by Crippen LogP contribution is -2.09. The van der Waals surface area contributed by atoms with Gasteiger partial charge in [-0.3, -0.25) is 5.84 Å². The summed E-state index contributed by atoms with van der Waals surface area (Å²) >= 11 is 0. The van der Waals surface area contributed by atoms with Crippen molar-refractivity contribution in [2.45, 2.75) is 6.61 Å². The van der Waals surface area contributed by atoms with Gasteiger partial charge in [-0.1, -0.05) is 12.1 Å². The number of benzene rings is 1. The molecule has 1 heterocycles. The summed E-state index contributed by atoms with van der Waals surface area (Å²) in [5.74, 6) is 6.23. The van der Waals surface area contributed by atoms with Crippen LogP contribution in [0.25, 0.3) is 10.9 Å². The molecule has 0 aliphatic rings. The molecule has 0 amide bonds. The van der Waals surface area contributed by atoms with E-state index in [4.69, 9.17) is 15.3 Å². The topological polar surface area (TPSA) is 69.4 Å². The largest absolute Gasteiger partial charge is 0.494 e. The molecule has 5 heteroatoms. The van der Waals surface area contributed by atoms with Crippen LogP contribution in [0.1, 0.15) is 5.69 Å². The monoisotopic (exact) mass is 233 g/mol. The summed E-state index contributed by atoms with van der Waals surface area (Å²) < 4.78 is 10.4. The number of anilines is 1. The summed E-state index contributed by atoms with van der Waals surface area (Å²) in [6.07, 6.45) is 0. The SMILES string of the molecule is COCc1cc(NN)c2cccc(OC)c2n1. The number of para-hydroxylation sites is 1. The van der Waals surface area contributed by atoms with Gasteiger partial charge in [0.05, 0.1) is 25.1 Å². The number of nitrogens with two attached hydrogens (primary N) is 1. The van der Waals surface area contributed by atoms with Crippen molar-refractivity contribution in [3.8, 4) is 5.75 Å². The van der Waals surface area contributed by atoms with Crippen molar-refractivity contribution >= 4 is 16.6 Å². The fourth-order valence-corrected chi connectivity index (χ4v) is 1.78. The Morgan fingerprint density at radius 3 is 2.82 bits per heavy atom. The number of methoxy groups -OCH3 is 2. The third-order valence-corrected chi connectivity index (χ3v) is 2.52. The molecule has 3 N–H and O–H groups in total. The van der Waals surface area contributed by atoms with Crippen molar-refractivity contribution in [1.29, 1.82) is 0 Å². The van der Waals surface area contributed by atoms with Crippen LogP contribution < -0.4 is 16.0 Å². The van der Waals surface area contributed by atoms with E-state index in [1.54, 1.807) is 14.2 Å². The molecular formula is C12H15N3O2. The molecule has 0 saturated heterocycles. The zero-order chi connectivity index (χ0) is 12.3. The lowest BCUT2D eigenvalue weighted by molar-refractivity contribution is 0.182. The van der Waals surface area contributed by atoms with Crippen LogP contribution in [-0.2, 0) is 11.3 Å². The maximum absolute atomic E-state index is 5.51. The normalized spacial score (nSPS) is 10.5. The minimum atomic E-state index is 0.433. The van der Waals surface area contributed by atoms with E-state index in [0.717, 1.165) is 28.0 Å². The van der Waals surface area contributed by atoms with Crippen molar-refractivity contribution in [3.05, 3.63) is 30.0 Å². The average molecular weight is 233 g/mol. The second kappa shape index (κ2) is 4.99.